The van der Waals surface area contributed by atoms with Crippen molar-refractivity contribution < 1.29 is 9.47 Å². The lowest BCUT2D eigenvalue weighted by Gasteiger charge is -2.06. The normalized spacial score (nSPS) is 11.3. The van der Waals surface area contributed by atoms with Crippen molar-refractivity contribution in [1.82, 2.24) is 24.8 Å². The predicted octanol–water partition coefficient (Wildman–Crippen LogP) is 3.44. The van der Waals surface area contributed by atoms with Crippen LogP contribution >= 0.6 is 11.3 Å². The first-order valence-corrected chi connectivity index (χ1v) is 8.62. The van der Waals surface area contributed by atoms with Crippen LogP contribution in [0.1, 0.15) is 10.6 Å². The third-order valence-corrected chi connectivity index (χ3v) is 4.58. The highest BCUT2D eigenvalue weighted by Gasteiger charge is 2.14. The minimum Gasteiger partial charge on any atom is -0.497 e. The first kappa shape index (κ1) is 16.2. The SMILES string of the molecule is COc1cc(OC)cc(-c2nnc3sc(/C=C/c4cccnc4)nn23)c1. The topological polar surface area (TPSA) is 74.4 Å². The summed E-state index contributed by atoms with van der Waals surface area (Å²) in [4.78, 5) is 4.81. The Hall–Kier alpha value is -3.26. The number of nitrogens with zero attached hydrogens (tertiary/aromatic N) is 5. The molecule has 26 heavy (non-hydrogen) atoms. The molecular formula is C18H15N5O2S. The summed E-state index contributed by atoms with van der Waals surface area (Å²) < 4.78 is 12.4. The van der Waals surface area contributed by atoms with Crippen molar-refractivity contribution in [1.29, 1.82) is 0 Å². The zero-order valence-electron chi connectivity index (χ0n) is 14.2. The number of aromatic nitrogens is 5. The summed E-state index contributed by atoms with van der Waals surface area (Å²) >= 11 is 1.46. The Labute approximate surface area is 153 Å². The highest BCUT2D eigenvalue weighted by molar-refractivity contribution is 7.17. The maximum atomic E-state index is 5.33. The molecule has 130 valence electrons. The smallest absolute Gasteiger partial charge is 0.235 e. The maximum Gasteiger partial charge on any atom is 0.235 e. The molecule has 8 heteroatoms. The molecule has 3 heterocycles. The number of rotatable bonds is 5. The van der Waals surface area contributed by atoms with Crippen LogP contribution in [0.4, 0.5) is 0 Å². The largest absolute Gasteiger partial charge is 0.497 e. The fraction of sp³-hybridized carbons (Fsp3) is 0.111. The molecule has 0 fully saturated rings. The van der Waals surface area contributed by atoms with Crippen LogP contribution in [0.5, 0.6) is 11.5 Å². The fourth-order valence-corrected chi connectivity index (χ4v) is 3.20. The van der Waals surface area contributed by atoms with Crippen molar-refractivity contribution in [3.8, 4) is 22.9 Å². The molecule has 0 aliphatic carbocycles. The van der Waals surface area contributed by atoms with Crippen LogP contribution in [-0.4, -0.2) is 39.0 Å². The second-order valence-corrected chi connectivity index (χ2v) is 6.37. The van der Waals surface area contributed by atoms with E-state index in [9.17, 15) is 0 Å². The summed E-state index contributed by atoms with van der Waals surface area (Å²) in [6.07, 6.45) is 7.44. The van der Waals surface area contributed by atoms with E-state index in [0.717, 1.165) is 16.1 Å². The summed E-state index contributed by atoms with van der Waals surface area (Å²) in [5, 5.41) is 13.9. The summed E-state index contributed by atoms with van der Waals surface area (Å²) in [7, 11) is 3.23. The van der Waals surface area contributed by atoms with E-state index in [1.807, 2.05) is 42.5 Å². The van der Waals surface area contributed by atoms with Crippen molar-refractivity contribution in [2.45, 2.75) is 0 Å². The van der Waals surface area contributed by atoms with Gasteiger partial charge in [0.15, 0.2) is 5.82 Å². The third kappa shape index (κ3) is 3.14. The van der Waals surface area contributed by atoms with Crippen molar-refractivity contribution in [3.63, 3.8) is 0 Å². The van der Waals surface area contributed by atoms with E-state index >= 15 is 0 Å². The standard InChI is InChI=1S/C18H15N5O2S/c1-24-14-8-13(9-15(10-14)25-2)17-20-21-18-23(17)22-16(26-18)6-5-12-4-3-7-19-11-12/h3-11H,1-2H3/b6-5+. The van der Waals surface area contributed by atoms with E-state index in [4.69, 9.17) is 9.47 Å². The molecule has 0 aliphatic heterocycles. The lowest BCUT2D eigenvalue weighted by molar-refractivity contribution is 0.394. The van der Waals surface area contributed by atoms with Gasteiger partial charge in [0.25, 0.3) is 0 Å². The van der Waals surface area contributed by atoms with Gasteiger partial charge in [-0.2, -0.15) is 9.61 Å². The molecule has 0 spiro atoms. The lowest BCUT2D eigenvalue weighted by Crippen LogP contribution is -1.93. The molecule has 0 atom stereocenters. The molecule has 7 nitrogen and oxygen atoms in total. The fourth-order valence-electron chi connectivity index (χ4n) is 2.46. The van der Waals surface area contributed by atoms with E-state index in [1.165, 1.54) is 11.3 Å². The molecule has 0 amide bonds. The van der Waals surface area contributed by atoms with Crippen LogP contribution in [0.15, 0.2) is 42.7 Å². The van der Waals surface area contributed by atoms with Crippen LogP contribution in [0.3, 0.4) is 0 Å². The monoisotopic (exact) mass is 365 g/mol. The Bertz CT molecular complexity index is 1050. The van der Waals surface area contributed by atoms with Gasteiger partial charge in [-0.3, -0.25) is 4.98 Å². The summed E-state index contributed by atoms with van der Waals surface area (Å²) in [5.74, 6) is 2.00. The average Bonchev–Trinajstić information content (AvgIpc) is 3.27. The van der Waals surface area contributed by atoms with Gasteiger partial charge in [0.1, 0.15) is 16.5 Å². The number of pyridine rings is 1. The van der Waals surface area contributed by atoms with Gasteiger partial charge in [-0.15, -0.1) is 10.2 Å². The predicted molar refractivity (Wildman–Crippen MR) is 100 cm³/mol. The molecule has 0 bridgehead atoms. The van der Waals surface area contributed by atoms with E-state index in [0.29, 0.717) is 22.3 Å². The van der Waals surface area contributed by atoms with E-state index in [-0.39, 0.29) is 0 Å². The van der Waals surface area contributed by atoms with Gasteiger partial charge >= 0.3 is 0 Å². The van der Waals surface area contributed by atoms with Crippen LogP contribution < -0.4 is 9.47 Å². The molecule has 0 saturated carbocycles. The number of fused-ring (bicyclic) bond motifs is 1. The summed E-state index contributed by atoms with van der Waals surface area (Å²) in [6.45, 7) is 0. The minimum absolute atomic E-state index is 0.634. The number of methoxy groups -OCH3 is 2. The molecular weight excluding hydrogens is 350 g/mol. The Morgan fingerprint density at radius 2 is 1.85 bits per heavy atom. The van der Waals surface area contributed by atoms with Gasteiger partial charge in [-0.05, 0) is 29.8 Å². The second-order valence-electron chi connectivity index (χ2n) is 5.38. The van der Waals surface area contributed by atoms with Crippen molar-refractivity contribution in [3.05, 3.63) is 53.3 Å². The molecule has 0 radical (unpaired) electrons. The highest BCUT2D eigenvalue weighted by atomic mass is 32.1. The van der Waals surface area contributed by atoms with Crippen LogP contribution in [0.2, 0.25) is 0 Å². The van der Waals surface area contributed by atoms with E-state index < -0.39 is 0 Å². The van der Waals surface area contributed by atoms with E-state index in [1.54, 1.807) is 31.1 Å². The summed E-state index contributed by atoms with van der Waals surface area (Å²) in [5.41, 5.74) is 1.83. The van der Waals surface area contributed by atoms with Crippen molar-refractivity contribution in [2.24, 2.45) is 0 Å². The lowest BCUT2D eigenvalue weighted by atomic mass is 10.2. The van der Waals surface area contributed by atoms with Crippen LogP contribution in [0.25, 0.3) is 28.5 Å². The number of hydrogen-bond donors (Lipinski definition) is 0. The minimum atomic E-state index is 0.634. The maximum absolute atomic E-state index is 5.33. The Kier molecular flexibility index (Phi) is 4.32. The van der Waals surface area contributed by atoms with Gasteiger partial charge in [-0.25, -0.2) is 0 Å². The van der Waals surface area contributed by atoms with Crippen molar-refractivity contribution >= 4 is 28.4 Å². The first-order valence-electron chi connectivity index (χ1n) is 7.80. The van der Waals surface area contributed by atoms with E-state index in [2.05, 4.69) is 20.3 Å². The molecule has 0 N–H and O–H groups in total. The van der Waals surface area contributed by atoms with Crippen LogP contribution in [-0.2, 0) is 0 Å². The molecule has 0 saturated heterocycles. The zero-order valence-corrected chi connectivity index (χ0v) is 15.0. The third-order valence-electron chi connectivity index (χ3n) is 3.72. The molecule has 4 rings (SSSR count). The highest BCUT2D eigenvalue weighted by Crippen LogP contribution is 2.30. The Morgan fingerprint density at radius 1 is 1.04 bits per heavy atom. The average molecular weight is 365 g/mol. The number of hydrogen-bond acceptors (Lipinski definition) is 7. The molecule has 1 aromatic carbocycles. The molecule has 4 aromatic rings. The molecule has 0 aliphatic rings. The molecule has 3 aromatic heterocycles. The number of ether oxygens (including phenoxy) is 2. The molecule has 0 unspecified atom stereocenters. The van der Waals surface area contributed by atoms with Crippen molar-refractivity contribution in [2.75, 3.05) is 14.2 Å². The van der Waals surface area contributed by atoms with Gasteiger partial charge in [0, 0.05) is 24.0 Å². The van der Waals surface area contributed by atoms with Gasteiger partial charge in [0.05, 0.1) is 14.2 Å². The second kappa shape index (κ2) is 6.93. The van der Waals surface area contributed by atoms with Gasteiger partial charge in [-0.1, -0.05) is 23.5 Å². The Morgan fingerprint density at radius 3 is 2.54 bits per heavy atom. The summed E-state index contributed by atoms with van der Waals surface area (Å²) in [6, 6.07) is 9.45. The first-order chi connectivity index (χ1) is 12.8. The van der Waals surface area contributed by atoms with Crippen LogP contribution in [0, 0.1) is 0 Å². The quantitative estimate of drug-likeness (QED) is 0.539. The zero-order chi connectivity index (χ0) is 17.9. The van der Waals surface area contributed by atoms with Gasteiger partial charge < -0.3 is 9.47 Å². The van der Waals surface area contributed by atoms with Gasteiger partial charge in [0.2, 0.25) is 4.96 Å². The number of benzene rings is 1. The Balaban J connectivity index is 1.72.